The van der Waals surface area contributed by atoms with Gasteiger partial charge in [-0.2, -0.15) is 0 Å². The third-order valence-electron chi connectivity index (χ3n) is 4.28. The summed E-state index contributed by atoms with van der Waals surface area (Å²) < 4.78 is 1.16. The van der Waals surface area contributed by atoms with E-state index in [1.807, 2.05) is 49.4 Å². The number of benzene rings is 2. The number of carbonyl (C=O) groups is 1. The maximum absolute atomic E-state index is 12.0. The first-order chi connectivity index (χ1) is 14.2. The van der Waals surface area contributed by atoms with Crippen LogP contribution in [0.25, 0.3) is 10.1 Å². The van der Waals surface area contributed by atoms with Crippen molar-refractivity contribution < 1.29 is 9.90 Å². The zero-order valence-electron chi connectivity index (χ0n) is 16.8. The molecule has 8 heteroatoms. The second-order valence-electron chi connectivity index (χ2n) is 6.47. The van der Waals surface area contributed by atoms with Crippen LogP contribution in [-0.4, -0.2) is 43.2 Å². The zero-order chi connectivity index (χ0) is 20.5. The maximum atomic E-state index is 12.0. The molecule has 6 nitrogen and oxygen atoms in total. The summed E-state index contributed by atoms with van der Waals surface area (Å²) >= 11 is 1.59. The lowest BCUT2D eigenvalue weighted by Gasteiger charge is -2.13. The smallest absolute Gasteiger partial charge is 0.251 e. The highest BCUT2D eigenvalue weighted by molar-refractivity contribution is 14.0. The number of halogens is 1. The Morgan fingerprint density at radius 2 is 1.73 bits per heavy atom. The van der Waals surface area contributed by atoms with E-state index in [9.17, 15) is 9.90 Å². The number of nitrogens with zero attached hydrogens (tertiary/aromatic N) is 1. The Balaban J connectivity index is 0.00000320. The summed E-state index contributed by atoms with van der Waals surface area (Å²) in [5.41, 5.74) is 0.638. The number of fused-ring (bicyclic) bond motifs is 1. The van der Waals surface area contributed by atoms with Gasteiger partial charge in [0.25, 0.3) is 5.91 Å². The van der Waals surface area contributed by atoms with Crippen LogP contribution >= 0.6 is 35.3 Å². The van der Waals surface area contributed by atoms with Gasteiger partial charge in [0.05, 0.1) is 6.54 Å². The van der Waals surface area contributed by atoms with Crippen LogP contribution in [0.1, 0.15) is 28.3 Å². The molecular formula is C22H27IN4O2S. The summed E-state index contributed by atoms with van der Waals surface area (Å²) in [6.07, 6.45) is -0.652. The molecule has 1 unspecified atom stereocenters. The van der Waals surface area contributed by atoms with E-state index in [0.717, 1.165) is 15.0 Å². The van der Waals surface area contributed by atoms with Crippen LogP contribution in [-0.2, 0) is 0 Å². The lowest BCUT2D eigenvalue weighted by atomic mass is 10.2. The largest absolute Gasteiger partial charge is 0.386 e. The van der Waals surface area contributed by atoms with Crippen molar-refractivity contribution in [3.05, 3.63) is 71.1 Å². The van der Waals surface area contributed by atoms with Gasteiger partial charge in [0.15, 0.2) is 5.96 Å². The molecule has 2 aromatic carbocycles. The average molecular weight is 538 g/mol. The molecule has 160 valence electrons. The van der Waals surface area contributed by atoms with Crippen LogP contribution in [0.15, 0.2) is 65.7 Å². The normalized spacial score (nSPS) is 12.1. The van der Waals surface area contributed by atoms with Gasteiger partial charge in [-0.05, 0) is 36.6 Å². The van der Waals surface area contributed by atoms with Crippen molar-refractivity contribution in [2.45, 2.75) is 13.0 Å². The fourth-order valence-corrected chi connectivity index (χ4v) is 3.87. The molecule has 3 aromatic rings. The van der Waals surface area contributed by atoms with Crippen LogP contribution in [0.5, 0.6) is 0 Å². The number of amides is 1. The van der Waals surface area contributed by atoms with Crippen molar-refractivity contribution in [1.82, 2.24) is 16.0 Å². The second kappa shape index (κ2) is 12.5. The Labute approximate surface area is 197 Å². The minimum absolute atomic E-state index is 0. The molecule has 4 N–H and O–H groups in total. The minimum Gasteiger partial charge on any atom is -0.386 e. The van der Waals surface area contributed by atoms with Crippen LogP contribution in [0.4, 0.5) is 0 Å². The molecule has 1 amide bonds. The Hall–Kier alpha value is -2.17. The zero-order valence-corrected chi connectivity index (χ0v) is 19.9. The van der Waals surface area contributed by atoms with E-state index in [4.69, 9.17) is 0 Å². The summed E-state index contributed by atoms with van der Waals surface area (Å²) in [6, 6.07) is 19.2. The lowest BCUT2D eigenvalue weighted by Crippen LogP contribution is -2.41. The highest BCUT2D eigenvalue weighted by atomic mass is 127. The molecule has 30 heavy (non-hydrogen) atoms. The molecule has 0 aliphatic heterocycles. The van der Waals surface area contributed by atoms with Crippen LogP contribution in [0.2, 0.25) is 0 Å². The number of hydrogen-bond donors (Lipinski definition) is 4. The third-order valence-corrected chi connectivity index (χ3v) is 5.50. The van der Waals surface area contributed by atoms with Crippen molar-refractivity contribution in [1.29, 1.82) is 0 Å². The molecule has 0 saturated heterocycles. The van der Waals surface area contributed by atoms with E-state index >= 15 is 0 Å². The van der Waals surface area contributed by atoms with Gasteiger partial charge in [-0.15, -0.1) is 35.3 Å². The molecule has 0 bridgehead atoms. The number of carbonyl (C=O) groups excluding carboxylic acids is 1. The van der Waals surface area contributed by atoms with E-state index in [1.165, 1.54) is 0 Å². The van der Waals surface area contributed by atoms with E-state index in [0.29, 0.717) is 31.2 Å². The highest BCUT2D eigenvalue weighted by Crippen LogP contribution is 2.29. The maximum Gasteiger partial charge on any atom is 0.251 e. The molecule has 0 aliphatic rings. The van der Waals surface area contributed by atoms with Crippen LogP contribution in [0.3, 0.4) is 0 Å². The van der Waals surface area contributed by atoms with E-state index in [1.54, 1.807) is 23.5 Å². The Kier molecular flexibility index (Phi) is 10.0. The number of aliphatic imine (C=N–C) groups is 1. The van der Waals surface area contributed by atoms with Crippen molar-refractivity contribution in [3.63, 3.8) is 0 Å². The molecule has 1 atom stereocenters. The van der Waals surface area contributed by atoms with Crippen molar-refractivity contribution in [2.24, 2.45) is 4.99 Å². The van der Waals surface area contributed by atoms with Gasteiger partial charge >= 0.3 is 0 Å². The third kappa shape index (κ3) is 6.96. The number of aliphatic hydroxyl groups excluding tert-OH is 1. The number of thiophene rings is 1. The SMILES string of the molecule is CCNC(=NCC(O)c1cc2ccccc2s1)NCCNC(=O)c1ccccc1.I. The van der Waals surface area contributed by atoms with E-state index < -0.39 is 6.10 Å². The lowest BCUT2D eigenvalue weighted by molar-refractivity contribution is 0.0954. The molecule has 3 rings (SSSR count). The molecule has 0 spiro atoms. The van der Waals surface area contributed by atoms with Gasteiger partial charge in [-0.25, -0.2) is 0 Å². The molecule has 0 radical (unpaired) electrons. The van der Waals surface area contributed by atoms with E-state index in [-0.39, 0.29) is 36.4 Å². The number of rotatable bonds is 8. The first-order valence-corrected chi connectivity index (χ1v) is 10.5. The fraction of sp³-hybridized carbons (Fsp3) is 0.273. The number of guanidine groups is 1. The standard InChI is InChI=1S/C22H26N4O2S.HI/c1-2-23-22(25-13-12-24-21(28)16-8-4-3-5-9-16)26-15-18(27)20-14-17-10-6-7-11-19(17)29-20;/h3-11,14,18,27H,2,12-13,15H2,1H3,(H,24,28)(H2,23,25,26);1H. The minimum atomic E-state index is -0.652. The van der Waals surface area contributed by atoms with Crippen molar-refractivity contribution >= 4 is 57.3 Å². The second-order valence-corrected chi connectivity index (χ2v) is 7.59. The highest BCUT2D eigenvalue weighted by Gasteiger charge is 2.11. The summed E-state index contributed by atoms with van der Waals surface area (Å²) in [7, 11) is 0. The topological polar surface area (TPSA) is 85.8 Å². The molecular weight excluding hydrogens is 511 g/mol. The molecule has 0 saturated carbocycles. The summed E-state index contributed by atoms with van der Waals surface area (Å²) in [5, 5.41) is 20.8. The Morgan fingerprint density at radius 3 is 2.47 bits per heavy atom. The van der Waals surface area contributed by atoms with Gasteiger partial charge in [0.2, 0.25) is 0 Å². The number of nitrogens with one attached hydrogen (secondary N) is 3. The number of aliphatic hydroxyl groups is 1. The molecule has 0 fully saturated rings. The van der Waals surface area contributed by atoms with Crippen molar-refractivity contribution in [2.75, 3.05) is 26.2 Å². The van der Waals surface area contributed by atoms with Crippen LogP contribution < -0.4 is 16.0 Å². The molecule has 0 aliphatic carbocycles. The first-order valence-electron chi connectivity index (χ1n) is 9.69. The van der Waals surface area contributed by atoms with Gasteiger partial charge < -0.3 is 21.1 Å². The molecule has 1 aromatic heterocycles. The van der Waals surface area contributed by atoms with Crippen molar-refractivity contribution in [3.8, 4) is 0 Å². The first kappa shape index (κ1) is 24.1. The van der Waals surface area contributed by atoms with Crippen LogP contribution in [0, 0.1) is 0 Å². The number of hydrogen-bond acceptors (Lipinski definition) is 4. The monoisotopic (exact) mass is 538 g/mol. The Morgan fingerprint density at radius 1 is 1.03 bits per heavy atom. The summed E-state index contributed by atoms with van der Waals surface area (Å²) in [5.74, 6) is 0.510. The summed E-state index contributed by atoms with van der Waals surface area (Å²) in [6.45, 7) is 3.96. The van der Waals surface area contributed by atoms with Gasteiger partial charge in [-0.1, -0.05) is 36.4 Å². The average Bonchev–Trinajstić information content (AvgIpc) is 3.19. The predicted octanol–water partition coefficient (Wildman–Crippen LogP) is 3.54. The van der Waals surface area contributed by atoms with Gasteiger partial charge in [-0.3, -0.25) is 9.79 Å². The van der Waals surface area contributed by atoms with E-state index in [2.05, 4.69) is 27.0 Å². The Bertz CT molecular complexity index is 929. The summed E-state index contributed by atoms with van der Waals surface area (Å²) in [4.78, 5) is 17.4. The van der Waals surface area contributed by atoms with Gasteiger partial charge in [0, 0.05) is 34.8 Å². The fourth-order valence-electron chi connectivity index (χ4n) is 2.82. The predicted molar refractivity (Wildman–Crippen MR) is 135 cm³/mol. The quantitative estimate of drug-likeness (QED) is 0.153. The van der Waals surface area contributed by atoms with Gasteiger partial charge in [0.1, 0.15) is 6.10 Å². The molecule has 1 heterocycles.